The van der Waals surface area contributed by atoms with Crippen molar-refractivity contribution in [3.63, 3.8) is 0 Å². The van der Waals surface area contributed by atoms with E-state index < -0.39 is 10.0 Å². The van der Waals surface area contributed by atoms with Crippen molar-refractivity contribution < 1.29 is 13.2 Å². The smallest absolute Gasteiger partial charge is 0.228 e. The Labute approximate surface area is 145 Å². The van der Waals surface area contributed by atoms with Gasteiger partial charge in [-0.25, -0.2) is 12.7 Å². The molecule has 1 fully saturated rings. The van der Waals surface area contributed by atoms with Crippen molar-refractivity contribution in [2.24, 2.45) is 5.92 Å². The minimum Gasteiger partial charge on any atom is -0.325 e. The maximum absolute atomic E-state index is 12.7. The van der Waals surface area contributed by atoms with Crippen LogP contribution in [0.3, 0.4) is 0 Å². The van der Waals surface area contributed by atoms with Gasteiger partial charge in [-0.3, -0.25) is 4.79 Å². The number of nitrogens with zero attached hydrogens (tertiary/aromatic N) is 1. The van der Waals surface area contributed by atoms with Gasteiger partial charge in [0.05, 0.1) is 11.7 Å². The number of amides is 1. The molecular formula is C18H28N2O3S. The summed E-state index contributed by atoms with van der Waals surface area (Å²) in [6, 6.07) is 6.01. The van der Waals surface area contributed by atoms with Crippen LogP contribution >= 0.6 is 0 Å². The van der Waals surface area contributed by atoms with Crippen LogP contribution in [0.4, 0.5) is 5.69 Å². The Morgan fingerprint density at radius 3 is 2.71 bits per heavy atom. The van der Waals surface area contributed by atoms with Crippen LogP contribution in [0.15, 0.2) is 18.2 Å². The van der Waals surface area contributed by atoms with Crippen molar-refractivity contribution in [1.82, 2.24) is 4.31 Å². The molecule has 0 saturated carbocycles. The number of carbonyl (C=O) groups is 1. The van der Waals surface area contributed by atoms with Gasteiger partial charge in [-0.1, -0.05) is 32.0 Å². The van der Waals surface area contributed by atoms with Crippen molar-refractivity contribution >= 4 is 21.6 Å². The van der Waals surface area contributed by atoms with E-state index in [4.69, 9.17) is 0 Å². The molecule has 1 atom stereocenters. The Balaban J connectivity index is 2.16. The molecule has 0 aliphatic carbocycles. The van der Waals surface area contributed by atoms with E-state index >= 15 is 0 Å². The van der Waals surface area contributed by atoms with Crippen molar-refractivity contribution in [1.29, 1.82) is 0 Å². The first kappa shape index (κ1) is 18.9. The highest BCUT2D eigenvalue weighted by atomic mass is 32.2. The first-order chi connectivity index (χ1) is 11.3. The van der Waals surface area contributed by atoms with Gasteiger partial charge in [0.25, 0.3) is 0 Å². The molecule has 134 valence electrons. The van der Waals surface area contributed by atoms with E-state index in [1.54, 1.807) is 6.92 Å². The summed E-state index contributed by atoms with van der Waals surface area (Å²) in [5.41, 5.74) is 3.01. The van der Waals surface area contributed by atoms with Gasteiger partial charge < -0.3 is 5.32 Å². The van der Waals surface area contributed by atoms with Crippen LogP contribution in [0.1, 0.15) is 50.7 Å². The summed E-state index contributed by atoms with van der Waals surface area (Å²) in [4.78, 5) is 12.7. The van der Waals surface area contributed by atoms with Crippen LogP contribution in [-0.4, -0.2) is 37.5 Å². The molecule has 24 heavy (non-hydrogen) atoms. The van der Waals surface area contributed by atoms with E-state index in [2.05, 4.69) is 19.2 Å². The minimum absolute atomic E-state index is 0.0800. The first-order valence-corrected chi connectivity index (χ1v) is 10.2. The van der Waals surface area contributed by atoms with Crippen LogP contribution in [-0.2, 0) is 14.8 Å². The predicted molar refractivity (Wildman–Crippen MR) is 97.7 cm³/mol. The lowest BCUT2D eigenvalue weighted by molar-refractivity contribution is -0.120. The number of sulfonamides is 1. The summed E-state index contributed by atoms with van der Waals surface area (Å²) in [6.45, 7) is 8.62. The molecule has 0 spiro atoms. The molecular weight excluding hydrogens is 324 g/mol. The highest BCUT2D eigenvalue weighted by molar-refractivity contribution is 7.89. The molecule has 1 aliphatic rings. The van der Waals surface area contributed by atoms with Crippen LogP contribution in [0.2, 0.25) is 0 Å². The van der Waals surface area contributed by atoms with Gasteiger partial charge in [-0.2, -0.15) is 0 Å². The molecule has 6 heteroatoms. The summed E-state index contributed by atoms with van der Waals surface area (Å²) in [5.74, 6) is 0.0156. The zero-order valence-electron chi connectivity index (χ0n) is 15.0. The molecule has 5 nitrogen and oxygen atoms in total. The van der Waals surface area contributed by atoms with Crippen LogP contribution in [0.25, 0.3) is 0 Å². The average molecular weight is 353 g/mol. The number of hydrogen-bond acceptors (Lipinski definition) is 3. The molecule has 1 saturated heterocycles. The molecule has 0 aromatic heterocycles. The lowest BCUT2D eigenvalue weighted by atomic mass is 9.95. The summed E-state index contributed by atoms with van der Waals surface area (Å²) < 4.78 is 25.6. The second kappa shape index (κ2) is 7.66. The third kappa shape index (κ3) is 4.16. The molecule has 1 aromatic carbocycles. The third-order valence-electron chi connectivity index (χ3n) is 4.69. The molecule has 1 aromatic rings. The van der Waals surface area contributed by atoms with Gasteiger partial charge in [0.15, 0.2) is 0 Å². The summed E-state index contributed by atoms with van der Waals surface area (Å²) in [6.07, 6.45) is 1.45. The van der Waals surface area contributed by atoms with Crippen LogP contribution in [0, 0.1) is 12.8 Å². The second-order valence-electron chi connectivity index (χ2n) is 6.78. The molecule has 2 rings (SSSR count). The molecule has 1 amide bonds. The molecule has 0 bridgehead atoms. The molecule has 1 aliphatic heterocycles. The first-order valence-electron chi connectivity index (χ1n) is 8.64. The Bertz CT molecular complexity index is 698. The lowest BCUT2D eigenvalue weighted by Crippen LogP contribution is -2.44. The van der Waals surface area contributed by atoms with E-state index in [9.17, 15) is 13.2 Å². The van der Waals surface area contributed by atoms with Gasteiger partial charge in [-0.05, 0) is 43.7 Å². The van der Waals surface area contributed by atoms with E-state index in [0.717, 1.165) is 29.7 Å². The fourth-order valence-corrected chi connectivity index (χ4v) is 4.34. The number of carbonyl (C=O) groups excluding carboxylic acids is 1. The molecule has 0 unspecified atom stereocenters. The summed E-state index contributed by atoms with van der Waals surface area (Å²) >= 11 is 0. The van der Waals surface area contributed by atoms with Gasteiger partial charge >= 0.3 is 0 Å². The number of aryl methyl sites for hydroxylation is 1. The number of para-hydroxylation sites is 1. The fourth-order valence-electron chi connectivity index (χ4n) is 3.16. The fraction of sp³-hybridized carbons (Fsp3) is 0.611. The number of benzene rings is 1. The number of anilines is 1. The van der Waals surface area contributed by atoms with E-state index in [1.807, 2.05) is 25.1 Å². The average Bonchev–Trinajstić information content (AvgIpc) is 2.56. The Kier molecular flexibility index (Phi) is 6.04. The van der Waals surface area contributed by atoms with E-state index in [0.29, 0.717) is 12.5 Å². The lowest BCUT2D eigenvalue weighted by Gasteiger charge is -2.31. The van der Waals surface area contributed by atoms with Crippen molar-refractivity contribution in [3.05, 3.63) is 29.3 Å². The monoisotopic (exact) mass is 352 g/mol. The number of hydrogen-bond donors (Lipinski definition) is 1. The van der Waals surface area contributed by atoms with Gasteiger partial charge in [-0.15, -0.1) is 0 Å². The third-order valence-corrected chi connectivity index (χ3v) is 6.54. The zero-order valence-corrected chi connectivity index (χ0v) is 15.8. The normalized spacial score (nSPS) is 19.5. The van der Waals surface area contributed by atoms with E-state index in [1.165, 1.54) is 4.31 Å². The molecule has 1 heterocycles. The summed E-state index contributed by atoms with van der Waals surface area (Å²) in [5, 5.41) is 3.06. The van der Waals surface area contributed by atoms with Crippen LogP contribution < -0.4 is 5.32 Å². The number of rotatable bonds is 5. The van der Waals surface area contributed by atoms with Gasteiger partial charge in [0.1, 0.15) is 0 Å². The van der Waals surface area contributed by atoms with Crippen molar-refractivity contribution in [3.8, 4) is 0 Å². The quantitative estimate of drug-likeness (QED) is 0.885. The highest BCUT2D eigenvalue weighted by Crippen LogP contribution is 2.29. The standard InChI is InChI=1S/C18H28N2O3S/c1-5-24(22,23)20-11-7-9-15(12-20)18(21)19-17-14(4)8-6-10-16(17)13(2)3/h6,8,10,13,15H,5,7,9,11-12H2,1-4H3,(H,19,21)/t15-/m1/s1. The van der Waals surface area contributed by atoms with Gasteiger partial charge in [0, 0.05) is 18.8 Å². The van der Waals surface area contributed by atoms with Crippen molar-refractivity contribution in [2.75, 3.05) is 24.2 Å². The molecule has 0 radical (unpaired) electrons. The minimum atomic E-state index is -3.24. The SMILES string of the molecule is CCS(=O)(=O)N1CCC[C@@H](C(=O)Nc2c(C)cccc2C(C)C)C1. The predicted octanol–water partition coefficient (Wildman–Crippen LogP) is 3.12. The maximum atomic E-state index is 12.7. The Morgan fingerprint density at radius 2 is 2.08 bits per heavy atom. The largest absolute Gasteiger partial charge is 0.325 e. The van der Waals surface area contributed by atoms with E-state index in [-0.39, 0.29) is 24.1 Å². The van der Waals surface area contributed by atoms with Crippen LogP contribution in [0.5, 0.6) is 0 Å². The maximum Gasteiger partial charge on any atom is 0.228 e. The second-order valence-corrected chi connectivity index (χ2v) is 9.04. The number of nitrogens with one attached hydrogen (secondary N) is 1. The zero-order chi connectivity index (χ0) is 17.9. The van der Waals surface area contributed by atoms with Crippen molar-refractivity contribution in [2.45, 2.75) is 46.5 Å². The van der Waals surface area contributed by atoms with Gasteiger partial charge in [0.2, 0.25) is 15.9 Å². The number of piperidine rings is 1. The topological polar surface area (TPSA) is 66.5 Å². The summed E-state index contributed by atoms with van der Waals surface area (Å²) in [7, 11) is -3.24. The molecule has 1 N–H and O–H groups in total. The highest BCUT2D eigenvalue weighted by Gasteiger charge is 2.31. The Hall–Kier alpha value is -1.40. The Morgan fingerprint density at radius 1 is 1.38 bits per heavy atom.